The van der Waals surface area contributed by atoms with Gasteiger partial charge in [-0.15, -0.1) is 0 Å². The number of non-ortho nitro benzene ring substituents is 1. The van der Waals surface area contributed by atoms with Crippen molar-refractivity contribution in [2.75, 3.05) is 7.11 Å². The van der Waals surface area contributed by atoms with E-state index in [0.717, 1.165) is 5.56 Å². The van der Waals surface area contributed by atoms with Crippen LogP contribution in [0.4, 0.5) is 5.69 Å². The van der Waals surface area contributed by atoms with E-state index in [1.54, 1.807) is 26.0 Å². The van der Waals surface area contributed by atoms with Crippen LogP contribution < -0.4 is 14.2 Å². The fourth-order valence-corrected chi connectivity index (χ4v) is 3.32. The normalized spacial score (nSPS) is 10.5. The topological polar surface area (TPSA) is 87.9 Å². The Bertz CT molecular complexity index is 1100. The Hall–Kier alpha value is -3.87. The lowest BCUT2D eigenvalue weighted by molar-refractivity contribution is -0.385. The lowest BCUT2D eigenvalue weighted by atomic mass is 10.1. The molecule has 0 aliphatic carbocycles. The molecule has 0 amide bonds. The molecule has 3 aromatic carbocycles. The molecule has 0 saturated heterocycles. The molecular weight excluding hydrogens is 398 g/mol. The molecule has 31 heavy (non-hydrogen) atoms. The third-order valence-electron chi connectivity index (χ3n) is 4.74. The van der Waals surface area contributed by atoms with Crippen LogP contribution in [-0.2, 0) is 6.61 Å². The van der Waals surface area contributed by atoms with E-state index in [9.17, 15) is 14.9 Å². The van der Waals surface area contributed by atoms with Crippen molar-refractivity contribution in [3.8, 4) is 23.0 Å². The molecule has 0 radical (unpaired) electrons. The average Bonchev–Trinajstić information content (AvgIpc) is 2.74. The zero-order chi connectivity index (χ0) is 22.5. The summed E-state index contributed by atoms with van der Waals surface area (Å²) in [5.41, 5.74) is 2.43. The monoisotopic (exact) mass is 421 g/mol. The fourth-order valence-electron chi connectivity index (χ4n) is 3.32. The molecule has 3 rings (SSSR count). The van der Waals surface area contributed by atoms with Gasteiger partial charge in [-0.2, -0.15) is 0 Å². The Morgan fingerprint density at radius 3 is 2.13 bits per heavy atom. The third kappa shape index (κ3) is 4.83. The molecule has 0 bridgehead atoms. The number of nitro groups is 1. The maximum atomic E-state index is 12.4. The molecule has 160 valence electrons. The maximum Gasteiger partial charge on any atom is 0.270 e. The highest BCUT2D eigenvalue weighted by atomic mass is 16.6. The van der Waals surface area contributed by atoms with Crippen molar-refractivity contribution in [2.24, 2.45) is 0 Å². The van der Waals surface area contributed by atoms with Gasteiger partial charge in [-0.3, -0.25) is 14.9 Å². The molecule has 0 aliphatic rings. The molecule has 0 heterocycles. The van der Waals surface area contributed by atoms with Gasteiger partial charge in [-0.25, -0.2) is 0 Å². The number of hydrogen-bond donors (Lipinski definition) is 0. The van der Waals surface area contributed by atoms with Crippen LogP contribution in [0.3, 0.4) is 0 Å². The van der Waals surface area contributed by atoms with E-state index < -0.39 is 4.92 Å². The van der Waals surface area contributed by atoms with E-state index in [1.807, 2.05) is 30.3 Å². The molecular formula is C24H23NO6. The van der Waals surface area contributed by atoms with Gasteiger partial charge in [0.05, 0.1) is 12.0 Å². The third-order valence-corrected chi connectivity index (χ3v) is 4.74. The summed E-state index contributed by atoms with van der Waals surface area (Å²) in [6, 6.07) is 15.8. The van der Waals surface area contributed by atoms with Crippen molar-refractivity contribution < 1.29 is 23.9 Å². The first kappa shape index (κ1) is 21.8. The van der Waals surface area contributed by atoms with Crippen molar-refractivity contribution in [3.05, 3.63) is 87.0 Å². The number of aryl methyl sites for hydroxylation is 2. The predicted molar refractivity (Wildman–Crippen MR) is 116 cm³/mol. The highest BCUT2D eigenvalue weighted by molar-refractivity contribution is 6.00. The predicted octanol–water partition coefficient (Wildman–Crippen LogP) is 5.79. The van der Waals surface area contributed by atoms with Crippen LogP contribution in [0.15, 0.2) is 54.6 Å². The number of nitrogens with zero attached hydrogens (tertiary/aromatic N) is 1. The first-order chi connectivity index (χ1) is 14.8. The standard InChI is InChI=1S/C24H23NO6/c1-15-12-19(25(27)28)13-16(2)23(15)31-21-11-10-20(22(17(3)26)24(21)29-4)30-14-18-8-6-5-7-9-18/h5-13H,14H2,1-4H3. The van der Waals surface area contributed by atoms with Crippen LogP contribution in [0.1, 0.15) is 34.0 Å². The molecule has 7 heteroatoms. The second-order valence-corrected chi connectivity index (χ2v) is 7.07. The fraction of sp³-hybridized carbons (Fsp3) is 0.208. The van der Waals surface area contributed by atoms with Crippen LogP contribution in [0.2, 0.25) is 0 Å². The molecule has 0 aliphatic heterocycles. The average molecular weight is 421 g/mol. The minimum Gasteiger partial charge on any atom is -0.492 e. The van der Waals surface area contributed by atoms with E-state index in [4.69, 9.17) is 14.2 Å². The lowest BCUT2D eigenvalue weighted by Gasteiger charge is -2.18. The zero-order valence-corrected chi connectivity index (χ0v) is 17.8. The van der Waals surface area contributed by atoms with Crippen molar-refractivity contribution >= 4 is 11.5 Å². The van der Waals surface area contributed by atoms with E-state index in [1.165, 1.54) is 26.2 Å². The molecule has 0 spiro atoms. The molecule has 0 unspecified atom stereocenters. The Labute approximate surface area is 180 Å². The van der Waals surface area contributed by atoms with Gasteiger partial charge in [0.15, 0.2) is 17.3 Å². The van der Waals surface area contributed by atoms with E-state index in [2.05, 4.69) is 0 Å². The molecule has 0 fully saturated rings. The molecule has 0 N–H and O–H groups in total. The Morgan fingerprint density at radius 1 is 0.968 bits per heavy atom. The van der Waals surface area contributed by atoms with E-state index >= 15 is 0 Å². The van der Waals surface area contributed by atoms with Crippen molar-refractivity contribution in [1.29, 1.82) is 0 Å². The van der Waals surface area contributed by atoms with Crippen LogP contribution in [0.5, 0.6) is 23.0 Å². The highest BCUT2D eigenvalue weighted by Crippen LogP contribution is 2.42. The van der Waals surface area contributed by atoms with Crippen LogP contribution >= 0.6 is 0 Å². The summed E-state index contributed by atoms with van der Waals surface area (Å²) >= 11 is 0. The first-order valence-corrected chi connectivity index (χ1v) is 9.64. The summed E-state index contributed by atoms with van der Waals surface area (Å²) in [4.78, 5) is 23.1. The number of nitro benzene ring substituents is 1. The Morgan fingerprint density at radius 2 is 1.58 bits per heavy atom. The number of carbonyl (C=O) groups excluding carboxylic acids is 1. The maximum absolute atomic E-state index is 12.4. The SMILES string of the molecule is COc1c(Oc2c(C)cc([N+](=O)[O-])cc2C)ccc(OCc2ccccc2)c1C(C)=O. The van der Waals surface area contributed by atoms with Crippen LogP contribution in [0.25, 0.3) is 0 Å². The molecule has 3 aromatic rings. The number of ketones is 1. The summed E-state index contributed by atoms with van der Waals surface area (Å²) < 4.78 is 17.5. The minimum atomic E-state index is -0.447. The largest absolute Gasteiger partial charge is 0.492 e. The van der Waals surface area contributed by atoms with E-state index in [0.29, 0.717) is 35.0 Å². The number of hydrogen-bond acceptors (Lipinski definition) is 6. The lowest BCUT2D eigenvalue weighted by Crippen LogP contribution is -2.06. The zero-order valence-electron chi connectivity index (χ0n) is 17.8. The Kier molecular flexibility index (Phi) is 6.55. The van der Waals surface area contributed by atoms with Gasteiger partial charge in [0.2, 0.25) is 0 Å². The summed E-state index contributed by atoms with van der Waals surface area (Å²) in [6.07, 6.45) is 0. The second-order valence-electron chi connectivity index (χ2n) is 7.07. The number of rotatable bonds is 8. The minimum absolute atomic E-state index is 0.0107. The quantitative estimate of drug-likeness (QED) is 0.260. The van der Waals surface area contributed by atoms with Gasteiger partial charge in [0, 0.05) is 12.1 Å². The molecule has 0 atom stereocenters. The van der Waals surface area contributed by atoms with Gasteiger partial charge >= 0.3 is 0 Å². The number of methoxy groups -OCH3 is 1. The van der Waals surface area contributed by atoms with Gasteiger partial charge in [0.25, 0.3) is 5.69 Å². The second kappa shape index (κ2) is 9.30. The first-order valence-electron chi connectivity index (χ1n) is 9.64. The van der Waals surface area contributed by atoms with E-state index in [-0.39, 0.29) is 22.8 Å². The van der Waals surface area contributed by atoms with Gasteiger partial charge in [0.1, 0.15) is 23.7 Å². The van der Waals surface area contributed by atoms with Crippen LogP contribution in [0, 0.1) is 24.0 Å². The number of Topliss-reactive ketones (excluding diaryl/α,β-unsaturated/α-hetero) is 1. The molecule has 7 nitrogen and oxygen atoms in total. The van der Waals surface area contributed by atoms with Gasteiger partial charge in [-0.05, 0) is 49.6 Å². The highest BCUT2D eigenvalue weighted by Gasteiger charge is 2.22. The van der Waals surface area contributed by atoms with Crippen molar-refractivity contribution in [2.45, 2.75) is 27.4 Å². The summed E-state index contributed by atoms with van der Waals surface area (Å²) in [6.45, 7) is 5.18. The number of benzene rings is 3. The number of ether oxygens (including phenoxy) is 3. The number of carbonyl (C=O) groups is 1. The van der Waals surface area contributed by atoms with Gasteiger partial charge in [-0.1, -0.05) is 30.3 Å². The molecule has 0 saturated carbocycles. The summed E-state index contributed by atoms with van der Waals surface area (Å²) in [7, 11) is 1.45. The smallest absolute Gasteiger partial charge is 0.270 e. The van der Waals surface area contributed by atoms with Crippen molar-refractivity contribution in [3.63, 3.8) is 0 Å². The Balaban J connectivity index is 1.98. The summed E-state index contributed by atoms with van der Waals surface area (Å²) in [5.74, 6) is 1.19. The van der Waals surface area contributed by atoms with Gasteiger partial charge < -0.3 is 14.2 Å². The van der Waals surface area contributed by atoms with Crippen molar-refractivity contribution in [1.82, 2.24) is 0 Å². The van der Waals surface area contributed by atoms with Crippen LogP contribution in [-0.4, -0.2) is 17.8 Å². The summed E-state index contributed by atoms with van der Waals surface area (Å²) in [5, 5.41) is 11.1. The molecule has 0 aromatic heterocycles.